The molecule has 2 N–H and O–H groups in total. The summed E-state index contributed by atoms with van der Waals surface area (Å²) in [7, 11) is 0. The molecular formula is C12H17N3. The van der Waals surface area contributed by atoms with Gasteiger partial charge in [0.05, 0.1) is 0 Å². The van der Waals surface area contributed by atoms with Crippen LogP contribution in [0.4, 0.5) is 5.69 Å². The van der Waals surface area contributed by atoms with Gasteiger partial charge in [-0.05, 0) is 19.4 Å². The van der Waals surface area contributed by atoms with Crippen molar-refractivity contribution < 1.29 is 0 Å². The number of rotatable bonds is 2. The molecule has 0 unspecified atom stereocenters. The molecule has 0 atom stereocenters. The van der Waals surface area contributed by atoms with Crippen LogP contribution in [0.1, 0.15) is 17.7 Å². The minimum absolute atomic E-state index is 0.558. The summed E-state index contributed by atoms with van der Waals surface area (Å²) in [6.07, 6.45) is 7.45. The van der Waals surface area contributed by atoms with Crippen LogP contribution in [0, 0.1) is 6.92 Å². The monoisotopic (exact) mass is 203 g/mol. The van der Waals surface area contributed by atoms with Crippen LogP contribution in [-0.4, -0.2) is 18.1 Å². The average molecular weight is 203 g/mol. The van der Waals surface area contributed by atoms with Crippen molar-refractivity contribution in [2.75, 3.05) is 18.0 Å². The fourth-order valence-electron chi connectivity index (χ4n) is 1.89. The van der Waals surface area contributed by atoms with Gasteiger partial charge in [0.2, 0.25) is 0 Å². The number of hydrogen-bond donors (Lipinski definition) is 1. The number of nitrogens with zero attached hydrogens (tertiary/aromatic N) is 2. The molecule has 80 valence electrons. The Hall–Kier alpha value is -1.35. The minimum Gasteiger partial charge on any atom is -0.367 e. The number of aromatic nitrogens is 1. The topological polar surface area (TPSA) is 42.1 Å². The maximum Gasteiger partial charge on any atom is 0.0448 e. The smallest absolute Gasteiger partial charge is 0.0448 e. The molecule has 0 amide bonds. The Bertz CT molecular complexity index is 371. The van der Waals surface area contributed by atoms with Gasteiger partial charge in [-0.1, -0.05) is 12.2 Å². The predicted octanol–water partition coefficient (Wildman–Crippen LogP) is 1.62. The van der Waals surface area contributed by atoms with E-state index in [9.17, 15) is 0 Å². The third-order valence-electron chi connectivity index (χ3n) is 2.72. The average Bonchev–Trinajstić information content (AvgIpc) is 2.30. The molecule has 0 aliphatic carbocycles. The van der Waals surface area contributed by atoms with E-state index in [4.69, 9.17) is 5.73 Å². The molecule has 2 heterocycles. The molecule has 2 rings (SSSR count). The second-order valence-electron chi connectivity index (χ2n) is 3.86. The van der Waals surface area contributed by atoms with Crippen LogP contribution in [0.25, 0.3) is 0 Å². The molecule has 0 saturated carbocycles. The van der Waals surface area contributed by atoms with E-state index >= 15 is 0 Å². The van der Waals surface area contributed by atoms with Crippen LogP contribution in [0.2, 0.25) is 0 Å². The van der Waals surface area contributed by atoms with Crippen LogP contribution in [0.5, 0.6) is 0 Å². The second-order valence-corrected chi connectivity index (χ2v) is 3.86. The zero-order valence-corrected chi connectivity index (χ0v) is 9.11. The normalized spacial score (nSPS) is 15.7. The van der Waals surface area contributed by atoms with Gasteiger partial charge >= 0.3 is 0 Å². The largest absolute Gasteiger partial charge is 0.367 e. The Morgan fingerprint density at radius 3 is 3.00 bits per heavy atom. The summed E-state index contributed by atoms with van der Waals surface area (Å²) >= 11 is 0. The maximum absolute atomic E-state index is 5.72. The fraction of sp³-hybridized carbons (Fsp3) is 0.417. The van der Waals surface area contributed by atoms with Crippen molar-refractivity contribution in [1.29, 1.82) is 0 Å². The van der Waals surface area contributed by atoms with E-state index in [1.807, 2.05) is 13.1 Å². The highest BCUT2D eigenvalue weighted by molar-refractivity contribution is 5.54. The van der Waals surface area contributed by atoms with E-state index in [0.717, 1.165) is 30.8 Å². The molecule has 1 aromatic heterocycles. The highest BCUT2D eigenvalue weighted by Crippen LogP contribution is 2.22. The van der Waals surface area contributed by atoms with Crippen LogP contribution >= 0.6 is 0 Å². The number of anilines is 1. The zero-order valence-electron chi connectivity index (χ0n) is 9.11. The van der Waals surface area contributed by atoms with Crippen molar-refractivity contribution in [2.24, 2.45) is 5.73 Å². The van der Waals surface area contributed by atoms with E-state index in [-0.39, 0.29) is 0 Å². The summed E-state index contributed by atoms with van der Waals surface area (Å²) in [5.41, 5.74) is 9.16. The van der Waals surface area contributed by atoms with E-state index < -0.39 is 0 Å². The lowest BCUT2D eigenvalue weighted by Gasteiger charge is -2.27. The Balaban J connectivity index is 2.32. The molecule has 15 heavy (non-hydrogen) atoms. The van der Waals surface area contributed by atoms with Crippen LogP contribution in [0.3, 0.4) is 0 Å². The molecule has 0 fully saturated rings. The van der Waals surface area contributed by atoms with Crippen LogP contribution in [0.15, 0.2) is 24.4 Å². The summed E-state index contributed by atoms with van der Waals surface area (Å²) in [5.74, 6) is 0. The van der Waals surface area contributed by atoms with Crippen molar-refractivity contribution in [3.63, 3.8) is 0 Å². The Morgan fingerprint density at radius 1 is 1.47 bits per heavy atom. The van der Waals surface area contributed by atoms with Crippen LogP contribution < -0.4 is 10.6 Å². The first-order valence-electron chi connectivity index (χ1n) is 5.37. The van der Waals surface area contributed by atoms with Crippen molar-refractivity contribution in [3.05, 3.63) is 35.7 Å². The molecule has 0 saturated heterocycles. The molecule has 1 aliphatic rings. The zero-order chi connectivity index (χ0) is 10.7. The molecular weight excluding hydrogens is 186 g/mol. The van der Waals surface area contributed by atoms with E-state index in [1.54, 1.807) is 0 Å². The number of nitrogens with two attached hydrogens (primary N) is 1. The van der Waals surface area contributed by atoms with Crippen molar-refractivity contribution in [1.82, 2.24) is 4.98 Å². The molecule has 0 bridgehead atoms. The summed E-state index contributed by atoms with van der Waals surface area (Å²) in [5, 5.41) is 0. The van der Waals surface area contributed by atoms with Crippen molar-refractivity contribution >= 4 is 5.69 Å². The van der Waals surface area contributed by atoms with Crippen molar-refractivity contribution in [2.45, 2.75) is 19.9 Å². The van der Waals surface area contributed by atoms with Gasteiger partial charge in [0.15, 0.2) is 0 Å². The summed E-state index contributed by atoms with van der Waals surface area (Å²) in [6.45, 7) is 4.63. The fourth-order valence-corrected chi connectivity index (χ4v) is 1.89. The summed E-state index contributed by atoms with van der Waals surface area (Å²) < 4.78 is 0. The van der Waals surface area contributed by atoms with Gasteiger partial charge in [-0.2, -0.15) is 0 Å². The van der Waals surface area contributed by atoms with E-state index in [1.165, 1.54) is 5.69 Å². The molecule has 1 aliphatic heterocycles. The molecule has 0 aromatic carbocycles. The summed E-state index contributed by atoms with van der Waals surface area (Å²) in [4.78, 5) is 6.64. The Labute approximate surface area is 90.6 Å². The number of aryl methyl sites for hydroxylation is 1. The van der Waals surface area contributed by atoms with Gasteiger partial charge in [-0.15, -0.1) is 0 Å². The second kappa shape index (κ2) is 4.45. The highest BCUT2D eigenvalue weighted by Gasteiger charge is 2.11. The van der Waals surface area contributed by atoms with E-state index in [0.29, 0.717) is 6.54 Å². The third kappa shape index (κ3) is 2.18. The molecule has 3 heteroatoms. The van der Waals surface area contributed by atoms with Gasteiger partial charge < -0.3 is 10.6 Å². The SMILES string of the molecule is Cc1cc(N2CC=CCC2)c(CN)cn1. The standard InChI is InChI=1S/C12H17N3/c1-10-7-12(11(8-13)9-14-10)15-5-3-2-4-6-15/h2-3,7,9H,4-6,8,13H2,1H3. The van der Waals surface area contributed by atoms with Gasteiger partial charge in [0, 0.05) is 42.8 Å². The molecule has 0 spiro atoms. The lowest BCUT2D eigenvalue weighted by molar-refractivity contribution is 0.809. The first kappa shape index (κ1) is 10.2. The van der Waals surface area contributed by atoms with Crippen molar-refractivity contribution in [3.8, 4) is 0 Å². The first-order valence-corrected chi connectivity index (χ1v) is 5.37. The minimum atomic E-state index is 0.558. The quantitative estimate of drug-likeness (QED) is 0.743. The van der Waals surface area contributed by atoms with Gasteiger partial charge in [-0.3, -0.25) is 4.98 Å². The number of hydrogen-bond acceptors (Lipinski definition) is 3. The molecule has 3 nitrogen and oxygen atoms in total. The van der Waals surface area contributed by atoms with Crippen LogP contribution in [-0.2, 0) is 6.54 Å². The number of pyridine rings is 1. The predicted molar refractivity (Wildman–Crippen MR) is 62.8 cm³/mol. The third-order valence-corrected chi connectivity index (χ3v) is 2.72. The van der Waals surface area contributed by atoms with Gasteiger partial charge in [-0.25, -0.2) is 0 Å². The van der Waals surface area contributed by atoms with Gasteiger partial charge in [0.1, 0.15) is 0 Å². The lowest BCUT2D eigenvalue weighted by atomic mass is 10.1. The Kier molecular flexibility index (Phi) is 3.02. The summed E-state index contributed by atoms with van der Waals surface area (Å²) in [6, 6.07) is 2.13. The lowest BCUT2D eigenvalue weighted by Crippen LogP contribution is -2.28. The molecule has 1 aromatic rings. The van der Waals surface area contributed by atoms with Gasteiger partial charge in [0.25, 0.3) is 0 Å². The molecule has 0 radical (unpaired) electrons. The maximum atomic E-state index is 5.72. The van der Waals surface area contributed by atoms with E-state index in [2.05, 4.69) is 28.1 Å². The highest BCUT2D eigenvalue weighted by atomic mass is 15.1. The first-order chi connectivity index (χ1) is 7.31. The Morgan fingerprint density at radius 2 is 2.33 bits per heavy atom.